The fourth-order valence-electron chi connectivity index (χ4n) is 4.63. The summed E-state index contributed by atoms with van der Waals surface area (Å²) in [6.07, 6.45) is 3.35. The van der Waals surface area contributed by atoms with E-state index in [1.165, 1.54) is 17.4 Å². The van der Waals surface area contributed by atoms with Crippen molar-refractivity contribution in [1.29, 1.82) is 0 Å². The van der Waals surface area contributed by atoms with Crippen molar-refractivity contribution >= 4 is 34.8 Å². The average molecular weight is 537 g/mol. The molecule has 2 atom stereocenters. The summed E-state index contributed by atoms with van der Waals surface area (Å²) >= 11 is 7.43. The van der Waals surface area contributed by atoms with Gasteiger partial charge in [0.15, 0.2) is 0 Å². The quantitative estimate of drug-likeness (QED) is 0.288. The Morgan fingerprint density at radius 1 is 1.22 bits per heavy atom. The predicted octanol–water partition coefficient (Wildman–Crippen LogP) is 6.34. The molecule has 9 heteroatoms. The van der Waals surface area contributed by atoms with Crippen molar-refractivity contribution in [3.63, 3.8) is 0 Å². The minimum absolute atomic E-state index is 0.0480. The van der Waals surface area contributed by atoms with E-state index >= 15 is 0 Å². The Kier molecular flexibility index (Phi) is 7.79. The highest BCUT2D eigenvalue weighted by Crippen LogP contribution is 2.32. The van der Waals surface area contributed by atoms with Crippen LogP contribution >= 0.6 is 22.9 Å². The molecule has 190 valence electrons. The summed E-state index contributed by atoms with van der Waals surface area (Å²) in [6.45, 7) is 0.896. The Labute approximate surface area is 223 Å². The third kappa shape index (κ3) is 5.66. The molecular weight excluding hydrogens is 511 g/mol. The predicted molar refractivity (Wildman–Crippen MR) is 144 cm³/mol. The Morgan fingerprint density at radius 2 is 2.05 bits per heavy atom. The Bertz CT molecular complexity index is 1370. The number of nitrogens with zero attached hydrogens (tertiary/aromatic N) is 3. The second kappa shape index (κ2) is 11.4. The van der Waals surface area contributed by atoms with Gasteiger partial charge in [-0.15, -0.1) is 0 Å². The summed E-state index contributed by atoms with van der Waals surface area (Å²) < 4.78 is 13.5. The first kappa shape index (κ1) is 25.3. The molecule has 0 bridgehead atoms. The molecule has 5 rings (SSSR count). The highest BCUT2D eigenvalue weighted by molar-refractivity contribution is 7.08. The van der Waals surface area contributed by atoms with Crippen molar-refractivity contribution in [1.82, 2.24) is 14.9 Å². The van der Waals surface area contributed by atoms with E-state index in [4.69, 9.17) is 16.6 Å². The highest BCUT2D eigenvalue weighted by atomic mass is 35.5. The van der Waals surface area contributed by atoms with Gasteiger partial charge in [-0.3, -0.25) is 4.79 Å². The van der Waals surface area contributed by atoms with Gasteiger partial charge >= 0.3 is 0 Å². The molecule has 0 spiro atoms. The number of likely N-dealkylation sites (tertiary alicyclic amines) is 1. The Hall–Kier alpha value is -3.33. The number of carbonyl (C=O) groups excluding carboxylic acids is 1. The van der Waals surface area contributed by atoms with Gasteiger partial charge in [-0.1, -0.05) is 48.0 Å². The highest BCUT2D eigenvalue weighted by Gasteiger charge is 2.35. The van der Waals surface area contributed by atoms with E-state index in [0.717, 1.165) is 36.0 Å². The standard InChI is InChI=1S/C28H26ClFN4O2S/c29-22-14-18(9-10-23(22)30)15-31-28-32-16-21(25(33-28)19-6-2-1-3-7-19)27(36)34-12-5-4-8-24(34)26(35)20-11-13-37-17-20/h1-3,6-7,9-11,13-14,16-17,24,26,35H,4-5,8,12,15H2,(H,31,32,33). The second-order valence-electron chi connectivity index (χ2n) is 8.99. The van der Waals surface area contributed by atoms with Crippen LogP contribution in [0.1, 0.15) is 46.9 Å². The lowest BCUT2D eigenvalue weighted by Gasteiger charge is -2.38. The van der Waals surface area contributed by atoms with Crippen LogP contribution in [0.3, 0.4) is 0 Å². The van der Waals surface area contributed by atoms with Crippen molar-refractivity contribution in [2.75, 3.05) is 11.9 Å². The SMILES string of the molecule is O=C(c1cnc(NCc2ccc(F)c(Cl)c2)nc1-c1ccccc1)N1CCCCC1C(O)c1ccsc1. The van der Waals surface area contributed by atoms with Crippen LogP contribution in [0.5, 0.6) is 0 Å². The van der Waals surface area contributed by atoms with Crippen LogP contribution in [-0.2, 0) is 6.54 Å². The number of nitrogens with one attached hydrogen (secondary N) is 1. The maximum Gasteiger partial charge on any atom is 0.258 e. The lowest BCUT2D eigenvalue weighted by molar-refractivity contribution is 0.0213. The van der Waals surface area contributed by atoms with E-state index in [0.29, 0.717) is 30.3 Å². The van der Waals surface area contributed by atoms with Gasteiger partial charge < -0.3 is 15.3 Å². The molecule has 1 aliphatic rings. The normalized spacial score (nSPS) is 16.4. The van der Waals surface area contributed by atoms with Crippen molar-refractivity contribution in [2.24, 2.45) is 0 Å². The fraction of sp³-hybridized carbons (Fsp3) is 0.250. The number of rotatable bonds is 7. The zero-order chi connectivity index (χ0) is 25.8. The second-order valence-corrected chi connectivity index (χ2v) is 10.2. The van der Waals surface area contributed by atoms with Crippen LogP contribution in [0.4, 0.5) is 10.3 Å². The number of anilines is 1. The van der Waals surface area contributed by atoms with Crippen molar-refractivity contribution in [2.45, 2.75) is 38.0 Å². The minimum Gasteiger partial charge on any atom is -0.386 e. The summed E-state index contributed by atoms with van der Waals surface area (Å²) in [6, 6.07) is 15.6. The number of aliphatic hydroxyl groups is 1. The van der Waals surface area contributed by atoms with Crippen LogP contribution in [-0.4, -0.2) is 38.5 Å². The van der Waals surface area contributed by atoms with Crippen LogP contribution < -0.4 is 5.32 Å². The molecule has 1 aliphatic heterocycles. The first-order chi connectivity index (χ1) is 18.0. The van der Waals surface area contributed by atoms with Crippen molar-refractivity contribution in [3.8, 4) is 11.3 Å². The summed E-state index contributed by atoms with van der Waals surface area (Å²) in [5.41, 5.74) is 3.28. The molecule has 1 amide bonds. The molecule has 2 aromatic carbocycles. The molecule has 1 fully saturated rings. The zero-order valence-corrected chi connectivity index (χ0v) is 21.6. The molecule has 2 unspecified atom stereocenters. The Balaban J connectivity index is 1.44. The van der Waals surface area contributed by atoms with E-state index in [9.17, 15) is 14.3 Å². The molecule has 37 heavy (non-hydrogen) atoms. The number of aromatic nitrogens is 2. The largest absolute Gasteiger partial charge is 0.386 e. The van der Waals surface area contributed by atoms with Crippen LogP contribution in [0.15, 0.2) is 71.6 Å². The number of aliphatic hydroxyl groups excluding tert-OH is 1. The smallest absolute Gasteiger partial charge is 0.258 e. The maximum atomic E-state index is 13.9. The van der Waals surface area contributed by atoms with Gasteiger partial charge in [0.25, 0.3) is 5.91 Å². The number of benzene rings is 2. The summed E-state index contributed by atoms with van der Waals surface area (Å²) in [7, 11) is 0. The topological polar surface area (TPSA) is 78.4 Å². The third-order valence-corrected chi connectivity index (χ3v) is 7.55. The first-order valence-corrected chi connectivity index (χ1v) is 13.4. The molecule has 1 saturated heterocycles. The van der Waals surface area contributed by atoms with E-state index in [1.54, 1.807) is 23.2 Å². The number of piperidine rings is 1. The van der Waals surface area contributed by atoms with Gasteiger partial charge in [0.2, 0.25) is 5.95 Å². The van der Waals surface area contributed by atoms with Crippen LogP contribution in [0, 0.1) is 5.82 Å². The number of thiophene rings is 1. The molecular formula is C28H26ClFN4O2S. The fourth-order valence-corrected chi connectivity index (χ4v) is 5.52. The molecule has 2 N–H and O–H groups in total. The van der Waals surface area contributed by atoms with Gasteiger partial charge in [-0.05, 0) is 59.3 Å². The Morgan fingerprint density at radius 3 is 2.81 bits per heavy atom. The van der Waals surface area contributed by atoms with Gasteiger partial charge in [0.05, 0.1) is 22.3 Å². The van der Waals surface area contributed by atoms with Crippen molar-refractivity contribution < 1.29 is 14.3 Å². The summed E-state index contributed by atoms with van der Waals surface area (Å²) in [5, 5.41) is 18.1. The minimum atomic E-state index is -0.750. The number of hydrogen-bond donors (Lipinski definition) is 2. The number of halogens is 2. The van der Waals surface area contributed by atoms with E-state index < -0.39 is 11.9 Å². The van der Waals surface area contributed by atoms with E-state index in [2.05, 4.69) is 10.3 Å². The average Bonchev–Trinajstić information content (AvgIpc) is 3.48. The number of amides is 1. The molecule has 4 aromatic rings. The van der Waals surface area contributed by atoms with E-state index in [1.807, 2.05) is 47.2 Å². The first-order valence-electron chi connectivity index (χ1n) is 12.1. The van der Waals surface area contributed by atoms with Crippen LogP contribution in [0.2, 0.25) is 5.02 Å². The van der Waals surface area contributed by atoms with Crippen LogP contribution in [0.25, 0.3) is 11.3 Å². The molecule has 3 heterocycles. The molecule has 0 radical (unpaired) electrons. The third-order valence-electron chi connectivity index (χ3n) is 6.56. The molecule has 0 aliphatic carbocycles. The lowest BCUT2D eigenvalue weighted by atomic mass is 9.93. The van der Waals surface area contributed by atoms with Gasteiger partial charge in [-0.2, -0.15) is 11.3 Å². The summed E-state index contributed by atoms with van der Waals surface area (Å²) in [5.74, 6) is -0.338. The van der Waals surface area contributed by atoms with E-state index in [-0.39, 0.29) is 17.0 Å². The van der Waals surface area contributed by atoms with Gasteiger partial charge in [0.1, 0.15) is 11.9 Å². The lowest BCUT2D eigenvalue weighted by Crippen LogP contribution is -2.47. The number of hydrogen-bond acceptors (Lipinski definition) is 6. The van der Waals surface area contributed by atoms with Gasteiger partial charge in [0, 0.05) is 24.8 Å². The zero-order valence-electron chi connectivity index (χ0n) is 20.0. The summed E-state index contributed by atoms with van der Waals surface area (Å²) in [4.78, 5) is 24.8. The molecule has 0 saturated carbocycles. The monoisotopic (exact) mass is 536 g/mol. The van der Waals surface area contributed by atoms with Crippen molar-refractivity contribution in [3.05, 3.63) is 99.1 Å². The number of carbonyl (C=O) groups is 1. The maximum absolute atomic E-state index is 13.9. The molecule has 6 nitrogen and oxygen atoms in total. The van der Waals surface area contributed by atoms with Gasteiger partial charge in [-0.25, -0.2) is 14.4 Å². The molecule has 2 aromatic heterocycles.